The van der Waals surface area contributed by atoms with E-state index in [4.69, 9.17) is 14.2 Å². The predicted molar refractivity (Wildman–Crippen MR) is 117 cm³/mol. The number of fused-ring (bicyclic) bond motifs is 1. The Bertz CT molecular complexity index is 1110. The summed E-state index contributed by atoms with van der Waals surface area (Å²) in [6, 6.07) is 10.7. The van der Waals surface area contributed by atoms with Crippen molar-refractivity contribution in [1.82, 2.24) is 4.98 Å². The Labute approximate surface area is 181 Å². The highest BCUT2D eigenvalue weighted by Gasteiger charge is 2.41. The van der Waals surface area contributed by atoms with E-state index >= 15 is 0 Å². The Hall–Kier alpha value is -2.78. The van der Waals surface area contributed by atoms with Gasteiger partial charge in [-0.15, -0.1) is 11.3 Å². The fourth-order valence-electron chi connectivity index (χ4n) is 3.24. The van der Waals surface area contributed by atoms with Gasteiger partial charge in [-0.1, -0.05) is 11.8 Å². The molecule has 1 aliphatic heterocycles. The van der Waals surface area contributed by atoms with E-state index in [9.17, 15) is 9.59 Å². The van der Waals surface area contributed by atoms with Crippen molar-refractivity contribution in [3.8, 4) is 17.2 Å². The van der Waals surface area contributed by atoms with Crippen molar-refractivity contribution in [1.29, 1.82) is 0 Å². The third-order valence-electron chi connectivity index (χ3n) is 4.62. The molecule has 3 aromatic rings. The molecule has 7 nitrogen and oxygen atoms in total. The van der Waals surface area contributed by atoms with Gasteiger partial charge in [0.05, 0.1) is 36.7 Å². The number of anilines is 1. The van der Waals surface area contributed by atoms with E-state index < -0.39 is 5.25 Å². The van der Waals surface area contributed by atoms with Gasteiger partial charge in [0.25, 0.3) is 0 Å². The predicted octanol–water partition coefficient (Wildman–Crippen LogP) is 4.14. The average molecular weight is 445 g/mol. The number of aromatic nitrogens is 1. The molecule has 0 aliphatic carbocycles. The van der Waals surface area contributed by atoms with Crippen LogP contribution in [0, 0.1) is 0 Å². The largest absolute Gasteiger partial charge is 0.494 e. The number of carbonyl (C=O) groups is 2. The number of methoxy groups -OCH3 is 2. The van der Waals surface area contributed by atoms with Crippen LogP contribution in [0.1, 0.15) is 13.3 Å². The van der Waals surface area contributed by atoms with E-state index in [0.717, 1.165) is 20.3 Å². The van der Waals surface area contributed by atoms with Crippen LogP contribution in [0.25, 0.3) is 10.2 Å². The molecule has 2 amide bonds. The van der Waals surface area contributed by atoms with Gasteiger partial charge in [0, 0.05) is 12.5 Å². The van der Waals surface area contributed by atoms with Gasteiger partial charge in [0.2, 0.25) is 11.8 Å². The Balaban J connectivity index is 1.55. The molecular formula is C21H20N2O5S2. The zero-order chi connectivity index (χ0) is 21.3. The third-order valence-corrected chi connectivity index (χ3v) is 6.92. The van der Waals surface area contributed by atoms with Gasteiger partial charge in [-0.3, -0.25) is 9.59 Å². The summed E-state index contributed by atoms with van der Waals surface area (Å²) in [6.45, 7) is 2.53. The highest BCUT2D eigenvalue weighted by atomic mass is 32.2. The number of ether oxygens (including phenoxy) is 3. The minimum absolute atomic E-state index is 0.123. The maximum Gasteiger partial charge on any atom is 0.247 e. The highest BCUT2D eigenvalue weighted by molar-refractivity contribution is 8.02. The first kappa shape index (κ1) is 20.5. The molecule has 9 heteroatoms. The average Bonchev–Trinajstić information content (AvgIpc) is 3.27. The van der Waals surface area contributed by atoms with E-state index in [-0.39, 0.29) is 18.2 Å². The summed E-state index contributed by atoms with van der Waals surface area (Å²) < 4.78 is 17.8. The van der Waals surface area contributed by atoms with Gasteiger partial charge in [-0.2, -0.15) is 0 Å². The van der Waals surface area contributed by atoms with Crippen molar-refractivity contribution < 1.29 is 23.8 Å². The van der Waals surface area contributed by atoms with E-state index in [1.54, 1.807) is 18.2 Å². The van der Waals surface area contributed by atoms with Crippen molar-refractivity contribution >= 4 is 50.8 Å². The quantitative estimate of drug-likeness (QED) is 0.507. The fourth-order valence-corrected chi connectivity index (χ4v) is 5.61. The lowest BCUT2D eigenvalue weighted by atomic mass is 10.2. The Morgan fingerprint density at radius 1 is 1.13 bits per heavy atom. The van der Waals surface area contributed by atoms with Crippen molar-refractivity contribution in [2.75, 3.05) is 25.7 Å². The van der Waals surface area contributed by atoms with Crippen LogP contribution in [0.15, 0.2) is 40.7 Å². The molecule has 0 N–H and O–H groups in total. The van der Waals surface area contributed by atoms with E-state index in [2.05, 4.69) is 4.98 Å². The SMILES string of the molecule is CCOc1ccc2nc(S[C@@H]3CC(=O)N(c4ccc(OC)c(OC)c4)C3=O)sc2c1. The van der Waals surface area contributed by atoms with Crippen LogP contribution >= 0.6 is 23.1 Å². The normalized spacial score (nSPS) is 16.4. The van der Waals surface area contributed by atoms with Crippen LogP contribution in [0.4, 0.5) is 5.69 Å². The maximum atomic E-state index is 13.0. The van der Waals surface area contributed by atoms with Crippen LogP contribution in [0.2, 0.25) is 0 Å². The molecule has 1 atom stereocenters. The first-order valence-electron chi connectivity index (χ1n) is 9.33. The standard InChI is InChI=1S/C21H20N2O5S2/c1-4-28-13-6-7-14-17(10-13)29-21(22-14)30-18-11-19(24)23(20(18)25)12-5-8-15(26-2)16(9-12)27-3/h5-10,18H,4,11H2,1-3H3/t18-/m1/s1. The summed E-state index contributed by atoms with van der Waals surface area (Å²) in [5, 5.41) is -0.516. The number of amides is 2. The maximum absolute atomic E-state index is 13.0. The second-order valence-corrected chi connectivity index (χ2v) is 8.94. The summed E-state index contributed by atoms with van der Waals surface area (Å²) >= 11 is 2.81. The minimum Gasteiger partial charge on any atom is -0.494 e. The molecule has 1 aromatic heterocycles. The Kier molecular flexibility index (Phi) is 5.83. The lowest BCUT2D eigenvalue weighted by Crippen LogP contribution is -2.31. The topological polar surface area (TPSA) is 78.0 Å². The van der Waals surface area contributed by atoms with Crippen LogP contribution in [-0.4, -0.2) is 42.9 Å². The first-order valence-corrected chi connectivity index (χ1v) is 11.0. The third kappa shape index (κ3) is 3.82. The smallest absolute Gasteiger partial charge is 0.247 e. The lowest BCUT2D eigenvalue weighted by Gasteiger charge is -2.17. The molecule has 0 saturated carbocycles. The summed E-state index contributed by atoms with van der Waals surface area (Å²) in [4.78, 5) is 31.4. The molecule has 1 fully saturated rings. The number of thioether (sulfide) groups is 1. The second-order valence-electron chi connectivity index (χ2n) is 6.46. The van der Waals surface area contributed by atoms with Gasteiger partial charge in [0.15, 0.2) is 15.8 Å². The number of hydrogen-bond donors (Lipinski definition) is 0. The first-order chi connectivity index (χ1) is 14.5. The number of hydrogen-bond acceptors (Lipinski definition) is 8. The highest BCUT2D eigenvalue weighted by Crippen LogP contribution is 2.40. The van der Waals surface area contributed by atoms with Crippen LogP contribution in [0.3, 0.4) is 0 Å². The van der Waals surface area contributed by atoms with E-state index in [0.29, 0.717) is 23.8 Å². The summed E-state index contributed by atoms with van der Waals surface area (Å²) in [5.41, 5.74) is 1.32. The fraction of sp³-hybridized carbons (Fsp3) is 0.286. The summed E-state index contributed by atoms with van der Waals surface area (Å²) in [5.74, 6) is 1.28. The van der Waals surface area contributed by atoms with Crippen LogP contribution < -0.4 is 19.1 Å². The molecule has 1 saturated heterocycles. The number of benzene rings is 2. The number of nitrogens with zero attached hydrogens (tertiary/aromatic N) is 2. The lowest BCUT2D eigenvalue weighted by molar-refractivity contribution is -0.121. The monoisotopic (exact) mass is 444 g/mol. The van der Waals surface area contributed by atoms with Crippen molar-refractivity contribution in [3.63, 3.8) is 0 Å². The molecule has 2 aromatic carbocycles. The van der Waals surface area contributed by atoms with Crippen LogP contribution in [-0.2, 0) is 9.59 Å². The molecule has 156 valence electrons. The summed E-state index contributed by atoms with van der Waals surface area (Å²) in [6.07, 6.45) is 0.123. The Morgan fingerprint density at radius 3 is 2.67 bits per heavy atom. The van der Waals surface area contributed by atoms with Gasteiger partial charge in [-0.25, -0.2) is 9.88 Å². The van der Waals surface area contributed by atoms with Gasteiger partial charge < -0.3 is 14.2 Å². The van der Waals surface area contributed by atoms with E-state index in [1.165, 1.54) is 42.2 Å². The minimum atomic E-state index is -0.516. The van der Waals surface area contributed by atoms with Gasteiger partial charge in [-0.05, 0) is 37.3 Å². The second kappa shape index (κ2) is 8.53. The molecule has 0 radical (unpaired) electrons. The molecular weight excluding hydrogens is 424 g/mol. The zero-order valence-corrected chi connectivity index (χ0v) is 18.3. The Morgan fingerprint density at radius 2 is 1.93 bits per heavy atom. The number of carbonyl (C=O) groups excluding carboxylic acids is 2. The van der Waals surface area contributed by atoms with Gasteiger partial charge in [0.1, 0.15) is 11.0 Å². The van der Waals surface area contributed by atoms with Crippen molar-refractivity contribution in [2.45, 2.75) is 22.9 Å². The molecule has 4 rings (SSSR count). The molecule has 1 aliphatic rings. The molecule has 0 spiro atoms. The molecule has 2 heterocycles. The zero-order valence-electron chi connectivity index (χ0n) is 16.7. The van der Waals surface area contributed by atoms with Crippen molar-refractivity contribution in [3.05, 3.63) is 36.4 Å². The molecule has 0 unspecified atom stereocenters. The van der Waals surface area contributed by atoms with Crippen LogP contribution in [0.5, 0.6) is 17.2 Å². The number of imide groups is 1. The number of thiazole rings is 1. The van der Waals surface area contributed by atoms with Crippen molar-refractivity contribution in [2.24, 2.45) is 0 Å². The molecule has 0 bridgehead atoms. The van der Waals surface area contributed by atoms with Gasteiger partial charge >= 0.3 is 0 Å². The van der Waals surface area contributed by atoms with E-state index in [1.807, 2.05) is 25.1 Å². The molecule has 30 heavy (non-hydrogen) atoms. The summed E-state index contributed by atoms with van der Waals surface area (Å²) in [7, 11) is 3.05. The number of rotatable bonds is 7.